The molecule has 1 aromatic carbocycles. The average Bonchev–Trinajstić information content (AvgIpc) is 2.53. The highest BCUT2D eigenvalue weighted by molar-refractivity contribution is 7.95. The van der Waals surface area contributed by atoms with Crippen molar-refractivity contribution in [3.63, 3.8) is 0 Å². The number of carbonyl (C=O) groups is 1. The lowest BCUT2D eigenvalue weighted by molar-refractivity contribution is 0.0968. The Hall–Kier alpha value is -1.89. The molecule has 5 nitrogen and oxygen atoms in total. The van der Waals surface area contributed by atoms with Gasteiger partial charge in [-0.05, 0) is 24.3 Å². The van der Waals surface area contributed by atoms with Gasteiger partial charge in [0.05, 0.1) is 10.5 Å². The molecule has 0 atom stereocenters. The molecule has 1 amide bonds. The first-order valence-corrected chi connectivity index (χ1v) is 8.23. The first kappa shape index (κ1) is 16.5. The molecule has 1 aromatic heterocycles. The van der Waals surface area contributed by atoms with E-state index in [9.17, 15) is 13.2 Å². The van der Waals surface area contributed by atoms with Gasteiger partial charge in [-0.1, -0.05) is 41.4 Å². The number of amides is 1. The van der Waals surface area contributed by atoms with Crippen molar-refractivity contribution in [2.24, 2.45) is 0 Å². The summed E-state index contributed by atoms with van der Waals surface area (Å²) in [5, 5.41) is 1.65. The summed E-state index contributed by atoms with van der Waals surface area (Å²) >= 11 is 11.3. The molecular weight excluding hydrogens is 347 g/mol. The van der Waals surface area contributed by atoms with Crippen molar-refractivity contribution in [2.75, 3.05) is 0 Å². The average molecular weight is 357 g/mol. The van der Waals surface area contributed by atoms with E-state index < -0.39 is 25.3 Å². The van der Waals surface area contributed by atoms with E-state index in [1.807, 2.05) is 0 Å². The van der Waals surface area contributed by atoms with Crippen LogP contribution in [0.25, 0.3) is 0 Å². The molecule has 0 aliphatic rings. The molecule has 0 unspecified atom stereocenters. The molecule has 0 bridgehead atoms. The van der Waals surface area contributed by atoms with E-state index in [0.29, 0.717) is 0 Å². The molecule has 22 heavy (non-hydrogen) atoms. The minimum atomic E-state index is -4.04. The summed E-state index contributed by atoms with van der Waals surface area (Å²) in [5.74, 6) is -0.679. The zero-order valence-electron chi connectivity index (χ0n) is 11.0. The smallest absolute Gasteiger partial charge is 0.257 e. The Kier molecular flexibility index (Phi) is 5.18. The predicted molar refractivity (Wildman–Crippen MR) is 84.1 cm³/mol. The molecule has 2 aromatic rings. The number of hydrogen-bond acceptors (Lipinski definition) is 4. The molecule has 0 radical (unpaired) electrons. The second-order valence-corrected chi connectivity index (χ2v) is 6.94. The minimum absolute atomic E-state index is 0.0321. The Bertz CT molecular complexity index is 802. The standard InChI is InChI=1S/C14H10Cl2N2O3S/c15-12(16)14(18-13(19)10-5-4-8-17-9-10)22(20,21)11-6-2-1-3-7-11/h1-9H,(H,18,19). The van der Waals surface area contributed by atoms with Crippen molar-refractivity contribution in [1.29, 1.82) is 0 Å². The van der Waals surface area contributed by atoms with E-state index in [2.05, 4.69) is 10.3 Å². The number of nitrogens with zero attached hydrogens (tertiary/aromatic N) is 1. The van der Waals surface area contributed by atoms with E-state index in [1.165, 1.54) is 30.6 Å². The van der Waals surface area contributed by atoms with Crippen LogP contribution < -0.4 is 5.32 Å². The third kappa shape index (κ3) is 3.65. The fraction of sp³-hybridized carbons (Fsp3) is 0. The second kappa shape index (κ2) is 6.91. The maximum absolute atomic E-state index is 12.5. The van der Waals surface area contributed by atoms with Crippen molar-refractivity contribution < 1.29 is 13.2 Å². The minimum Gasteiger partial charge on any atom is -0.310 e. The van der Waals surface area contributed by atoms with Crippen molar-refractivity contribution in [1.82, 2.24) is 10.3 Å². The molecule has 1 N–H and O–H groups in total. The van der Waals surface area contributed by atoms with Gasteiger partial charge >= 0.3 is 0 Å². The van der Waals surface area contributed by atoms with Gasteiger partial charge in [0, 0.05) is 12.4 Å². The van der Waals surface area contributed by atoms with E-state index in [1.54, 1.807) is 24.3 Å². The van der Waals surface area contributed by atoms with E-state index in [4.69, 9.17) is 23.2 Å². The van der Waals surface area contributed by atoms with Crippen molar-refractivity contribution in [3.8, 4) is 0 Å². The van der Waals surface area contributed by atoms with Crippen LogP contribution in [0.15, 0.2) is 69.3 Å². The largest absolute Gasteiger partial charge is 0.310 e. The van der Waals surface area contributed by atoms with Gasteiger partial charge < -0.3 is 5.32 Å². The molecule has 8 heteroatoms. The predicted octanol–water partition coefficient (Wildman–Crippen LogP) is 2.89. The van der Waals surface area contributed by atoms with Crippen LogP contribution in [0.3, 0.4) is 0 Å². The zero-order chi connectivity index (χ0) is 16.2. The lowest BCUT2D eigenvalue weighted by Crippen LogP contribution is -2.28. The third-order valence-corrected chi connectivity index (χ3v) is 4.98. The zero-order valence-corrected chi connectivity index (χ0v) is 13.4. The van der Waals surface area contributed by atoms with Gasteiger partial charge in [0.15, 0.2) is 5.03 Å². The first-order chi connectivity index (χ1) is 10.4. The van der Waals surface area contributed by atoms with Crippen LogP contribution >= 0.6 is 23.2 Å². The summed E-state index contributed by atoms with van der Waals surface area (Å²) in [6, 6.07) is 10.6. The topological polar surface area (TPSA) is 76.1 Å². The molecule has 0 spiro atoms. The molecule has 0 aliphatic carbocycles. The van der Waals surface area contributed by atoms with Gasteiger partial charge in [0.25, 0.3) is 5.91 Å². The van der Waals surface area contributed by atoms with Crippen LogP contribution in [0.1, 0.15) is 10.4 Å². The van der Waals surface area contributed by atoms with Crippen molar-refractivity contribution in [2.45, 2.75) is 4.90 Å². The molecule has 114 valence electrons. The van der Waals surface area contributed by atoms with Crippen molar-refractivity contribution in [3.05, 3.63) is 69.9 Å². The normalized spacial score (nSPS) is 10.8. The second-order valence-electron chi connectivity index (χ2n) is 4.10. The highest BCUT2D eigenvalue weighted by Crippen LogP contribution is 2.24. The monoisotopic (exact) mass is 356 g/mol. The van der Waals surface area contributed by atoms with Gasteiger partial charge in [-0.2, -0.15) is 0 Å². The highest BCUT2D eigenvalue weighted by Gasteiger charge is 2.26. The van der Waals surface area contributed by atoms with E-state index in [-0.39, 0.29) is 10.5 Å². The number of pyridine rings is 1. The molecule has 0 saturated carbocycles. The highest BCUT2D eigenvalue weighted by atomic mass is 35.5. The van der Waals surface area contributed by atoms with Crippen LogP contribution in [0.5, 0.6) is 0 Å². The van der Waals surface area contributed by atoms with Gasteiger partial charge in [0.2, 0.25) is 9.84 Å². The van der Waals surface area contributed by atoms with Gasteiger partial charge in [-0.3, -0.25) is 9.78 Å². The third-order valence-electron chi connectivity index (χ3n) is 2.64. The number of halogens is 2. The van der Waals surface area contributed by atoms with Crippen molar-refractivity contribution >= 4 is 38.9 Å². The SMILES string of the molecule is O=C(NC(=C(Cl)Cl)S(=O)(=O)c1ccccc1)c1cccnc1. The molecule has 2 rings (SSSR count). The van der Waals surface area contributed by atoms with Crippen LogP contribution in [0.4, 0.5) is 0 Å². The Morgan fingerprint density at radius 3 is 2.27 bits per heavy atom. The van der Waals surface area contributed by atoms with Crippen LogP contribution in [-0.2, 0) is 9.84 Å². The summed E-state index contributed by atoms with van der Waals surface area (Å²) in [4.78, 5) is 15.8. The number of hydrogen-bond donors (Lipinski definition) is 1. The van der Waals surface area contributed by atoms with Crippen LogP contribution in [0, 0.1) is 0 Å². The van der Waals surface area contributed by atoms with E-state index >= 15 is 0 Å². The number of nitrogens with one attached hydrogen (secondary N) is 1. The number of aromatic nitrogens is 1. The van der Waals surface area contributed by atoms with Gasteiger partial charge in [0.1, 0.15) is 4.49 Å². The molecule has 0 aliphatic heterocycles. The van der Waals surface area contributed by atoms with Gasteiger partial charge in [-0.25, -0.2) is 8.42 Å². The van der Waals surface area contributed by atoms with Gasteiger partial charge in [-0.15, -0.1) is 0 Å². The number of benzene rings is 1. The summed E-state index contributed by atoms with van der Waals surface area (Å²) in [6.45, 7) is 0. The molecule has 0 fully saturated rings. The van der Waals surface area contributed by atoms with Crippen LogP contribution in [-0.4, -0.2) is 19.3 Å². The summed E-state index contributed by atoms with van der Waals surface area (Å²) in [6.07, 6.45) is 2.78. The fourth-order valence-corrected chi connectivity index (χ4v) is 3.49. The summed E-state index contributed by atoms with van der Waals surface area (Å²) in [5.41, 5.74) is 0.179. The lowest BCUT2D eigenvalue weighted by Gasteiger charge is -2.11. The molecule has 1 heterocycles. The molecular formula is C14H10Cl2N2O3S. The number of rotatable bonds is 4. The summed E-state index contributed by atoms with van der Waals surface area (Å²) in [7, 11) is -4.04. The first-order valence-electron chi connectivity index (χ1n) is 5.99. The Labute approximate surface area is 137 Å². The Morgan fingerprint density at radius 2 is 1.73 bits per heavy atom. The fourth-order valence-electron chi connectivity index (χ4n) is 1.61. The lowest BCUT2D eigenvalue weighted by atomic mass is 10.3. The Morgan fingerprint density at radius 1 is 1.05 bits per heavy atom. The van der Waals surface area contributed by atoms with E-state index in [0.717, 1.165) is 0 Å². The Balaban J connectivity index is 2.37. The number of carbonyl (C=O) groups excluding carboxylic acids is 1. The van der Waals surface area contributed by atoms with Crippen LogP contribution in [0.2, 0.25) is 0 Å². The maximum atomic E-state index is 12.5. The quantitative estimate of drug-likeness (QED) is 0.913. The summed E-state index contributed by atoms with van der Waals surface area (Å²) < 4.78 is 24.4. The maximum Gasteiger partial charge on any atom is 0.257 e. The number of sulfone groups is 1. The molecule has 0 saturated heterocycles.